The van der Waals surface area contributed by atoms with Gasteiger partial charge in [-0.1, -0.05) is 39.0 Å². The number of nitrogens with one attached hydrogen (secondary N) is 1. The van der Waals surface area contributed by atoms with Gasteiger partial charge in [-0.05, 0) is 49.4 Å². The molecule has 0 bridgehead atoms. The predicted molar refractivity (Wildman–Crippen MR) is 85.1 cm³/mol. The van der Waals surface area contributed by atoms with Crippen molar-refractivity contribution in [3.05, 3.63) is 34.9 Å². The fraction of sp³-hybridized carbons (Fsp3) is 0.667. The van der Waals surface area contributed by atoms with E-state index in [-0.39, 0.29) is 0 Å². The third kappa shape index (κ3) is 3.42. The highest BCUT2D eigenvalue weighted by Gasteiger charge is 2.31. The van der Waals surface area contributed by atoms with Crippen molar-refractivity contribution in [3.63, 3.8) is 0 Å². The van der Waals surface area contributed by atoms with Crippen molar-refractivity contribution in [2.75, 3.05) is 13.2 Å². The van der Waals surface area contributed by atoms with Crippen molar-refractivity contribution >= 4 is 0 Å². The van der Waals surface area contributed by atoms with Crippen LogP contribution in [0.25, 0.3) is 0 Å². The third-order valence-electron chi connectivity index (χ3n) is 4.46. The second kappa shape index (κ2) is 7.24. The molecular weight excluding hydrogens is 246 g/mol. The summed E-state index contributed by atoms with van der Waals surface area (Å²) < 4.78 is 5.80. The molecule has 20 heavy (non-hydrogen) atoms. The van der Waals surface area contributed by atoms with Crippen molar-refractivity contribution in [2.24, 2.45) is 5.92 Å². The standard InChI is InChI=1S/C18H29NO/c1-5-14-8-9-15(6-2)17(11-14)18(19-7-3)16-10-13(4)20-12-16/h8-9,11,13,16,18-19H,5-7,10,12H2,1-4H3. The molecule has 0 aliphatic carbocycles. The molecule has 0 saturated carbocycles. The average molecular weight is 275 g/mol. The van der Waals surface area contributed by atoms with Gasteiger partial charge >= 0.3 is 0 Å². The predicted octanol–water partition coefficient (Wildman–Crippen LogP) is 3.89. The molecule has 1 aliphatic rings. The Morgan fingerprint density at radius 2 is 2.05 bits per heavy atom. The lowest BCUT2D eigenvalue weighted by Gasteiger charge is -2.26. The number of hydrogen-bond acceptors (Lipinski definition) is 2. The molecule has 1 N–H and O–H groups in total. The third-order valence-corrected chi connectivity index (χ3v) is 4.46. The Kier molecular flexibility index (Phi) is 5.62. The second-order valence-electron chi connectivity index (χ2n) is 5.92. The van der Waals surface area contributed by atoms with E-state index in [4.69, 9.17) is 4.74 Å². The van der Waals surface area contributed by atoms with Gasteiger partial charge in [0.05, 0.1) is 12.7 Å². The van der Waals surface area contributed by atoms with E-state index >= 15 is 0 Å². The van der Waals surface area contributed by atoms with E-state index in [1.54, 1.807) is 0 Å². The minimum absolute atomic E-state index is 0.403. The van der Waals surface area contributed by atoms with Gasteiger partial charge in [-0.3, -0.25) is 0 Å². The fourth-order valence-electron chi connectivity index (χ4n) is 3.31. The molecule has 0 spiro atoms. The molecule has 1 aromatic rings. The molecule has 2 nitrogen and oxygen atoms in total. The molecule has 0 radical (unpaired) electrons. The molecule has 1 heterocycles. The maximum absolute atomic E-state index is 5.80. The highest BCUT2D eigenvalue weighted by atomic mass is 16.5. The van der Waals surface area contributed by atoms with Crippen LogP contribution in [0, 0.1) is 5.92 Å². The summed E-state index contributed by atoms with van der Waals surface area (Å²) in [6.07, 6.45) is 3.77. The van der Waals surface area contributed by atoms with E-state index in [0.717, 1.165) is 32.4 Å². The van der Waals surface area contributed by atoms with Crippen LogP contribution in [0.5, 0.6) is 0 Å². The number of rotatable bonds is 6. The summed E-state index contributed by atoms with van der Waals surface area (Å²) >= 11 is 0. The van der Waals surface area contributed by atoms with E-state index < -0.39 is 0 Å². The first kappa shape index (κ1) is 15.5. The molecule has 1 aliphatic heterocycles. The molecule has 2 heteroatoms. The van der Waals surface area contributed by atoms with Crippen LogP contribution < -0.4 is 5.32 Å². The van der Waals surface area contributed by atoms with E-state index in [1.165, 1.54) is 16.7 Å². The van der Waals surface area contributed by atoms with Crippen molar-refractivity contribution in [3.8, 4) is 0 Å². The molecule has 1 aromatic carbocycles. The van der Waals surface area contributed by atoms with Crippen LogP contribution in [-0.2, 0) is 17.6 Å². The Labute approximate surface area is 123 Å². The van der Waals surface area contributed by atoms with Gasteiger partial charge in [0, 0.05) is 12.0 Å². The number of aryl methyl sites for hydroxylation is 2. The maximum atomic E-state index is 5.80. The van der Waals surface area contributed by atoms with Gasteiger partial charge in [0.2, 0.25) is 0 Å². The summed E-state index contributed by atoms with van der Waals surface area (Å²) in [5.41, 5.74) is 4.41. The normalized spacial score (nSPS) is 24.0. The Balaban J connectivity index is 2.32. The summed E-state index contributed by atoms with van der Waals surface area (Å²) in [6, 6.07) is 7.44. The molecule has 0 aromatic heterocycles. The van der Waals surface area contributed by atoms with Gasteiger partial charge in [0.25, 0.3) is 0 Å². The van der Waals surface area contributed by atoms with E-state index in [0.29, 0.717) is 18.1 Å². The van der Waals surface area contributed by atoms with Crippen LogP contribution in [0.15, 0.2) is 18.2 Å². The minimum atomic E-state index is 0.403. The van der Waals surface area contributed by atoms with Gasteiger partial charge in [-0.15, -0.1) is 0 Å². The number of ether oxygens (including phenoxy) is 1. The smallest absolute Gasteiger partial charge is 0.0551 e. The molecule has 112 valence electrons. The van der Waals surface area contributed by atoms with Crippen LogP contribution >= 0.6 is 0 Å². The number of hydrogen-bond donors (Lipinski definition) is 1. The minimum Gasteiger partial charge on any atom is -0.378 e. The zero-order valence-electron chi connectivity index (χ0n) is 13.4. The van der Waals surface area contributed by atoms with Crippen molar-refractivity contribution < 1.29 is 4.74 Å². The van der Waals surface area contributed by atoms with E-state index in [1.807, 2.05) is 0 Å². The van der Waals surface area contributed by atoms with Crippen molar-refractivity contribution in [2.45, 2.75) is 59.1 Å². The Morgan fingerprint density at radius 1 is 1.25 bits per heavy atom. The fourth-order valence-corrected chi connectivity index (χ4v) is 3.31. The lowest BCUT2D eigenvalue weighted by Crippen LogP contribution is -2.29. The molecular formula is C18H29NO. The van der Waals surface area contributed by atoms with Crippen molar-refractivity contribution in [1.29, 1.82) is 0 Å². The summed E-state index contributed by atoms with van der Waals surface area (Å²) in [4.78, 5) is 0. The Bertz CT molecular complexity index is 429. The molecule has 3 atom stereocenters. The highest BCUT2D eigenvalue weighted by molar-refractivity contribution is 5.35. The van der Waals surface area contributed by atoms with E-state index in [9.17, 15) is 0 Å². The second-order valence-corrected chi connectivity index (χ2v) is 5.92. The summed E-state index contributed by atoms with van der Waals surface area (Å²) in [5, 5.41) is 3.71. The molecule has 0 amide bonds. The quantitative estimate of drug-likeness (QED) is 0.850. The first-order valence-corrected chi connectivity index (χ1v) is 8.16. The lowest BCUT2D eigenvalue weighted by molar-refractivity contribution is 0.117. The average Bonchev–Trinajstić information content (AvgIpc) is 2.90. The molecule has 3 unspecified atom stereocenters. The van der Waals surface area contributed by atoms with Crippen molar-refractivity contribution in [1.82, 2.24) is 5.32 Å². The summed E-state index contributed by atoms with van der Waals surface area (Å²) in [6.45, 7) is 10.8. The van der Waals surface area contributed by atoms with Crippen LogP contribution in [0.4, 0.5) is 0 Å². The van der Waals surface area contributed by atoms with Crippen LogP contribution in [0.1, 0.15) is 56.8 Å². The first-order chi connectivity index (χ1) is 9.69. The molecule has 1 saturated heterocycles. The highest BCUT2D eigenvalue weighted by Crippen LogP contribution is 2.34. The zero-order chi connectivity index (χ0) is 14.5. The monoisotopic (exact) mass is 275 g/mol. The van der Waals surface area contributed by atoms with E-state index in [2.05, 4.69) is 51.2 Å². The first-order valence-electron chi connectivity index (χ1n) is 8.16. The Morgan fingerprint density at radius 3 is 2.60 bits per heavy atom. The topological polar surface area (TPSA) is 21.3 Å². The number of benzene rings is 1. The summed E-state index contributed by atoms with van der Waals surface area (Å²) in [7, 11) is 0. The van der Waals surface area contributed by atoms with Gasteiger partial charge < -0.3 is 10.1 Å². The Hall–Kier alpha value is -0.860. The summed E-state index contributed by atoms with van der Waals surface area (Å²) in [5.74, 6) is 0.599. The molecule has 1 fully saturated rings. The largest absolute Gasteiger partial charge is 0.378 e. The van der Waals surface area contributed by atoms with Crippen LogP contribution in [-0.4, -0.2) is 19.3 Å². The van der Waals surface area contributed by atoms with Gasteiger partial charge in [0.15, 0.2) is 0 Å². The van der Waals surface area contributed by atoms with Crippen LogP contribution in [0.2, 0.25) is 0 Å². The van der Waals surface area contributed by atoms with Gasteiger partial charge in [0.1, 0.15) is 0 Å². The maximum Gasteiger partial charge on any atom is 0.0551 e. The lowest BCUT2D eigenvalue weighted by atomic mass is 9.86. The van der Waals surface area contributed by atoms with Gasteiger partial charge in [-0.25, -0.2) is 0 Å². The SMILES string of the molecule is CCNC(c1cc(CC)ccc1CC)C1COC(C)C1. The van der Waals surface area contributed by atoms with Crippen LogP contribution in [0.3, 0.4) is 0 Å². The molecule has 2 rings (SSSR count). The zero-order valence-corrected chi connectivity index (χ0v) is 13.4. The van der Waals surface area contributed by atoms with Gasteiger partial charge in [-0.2, -0.15) is 0 Å².